The summed E-state index contributed by atoms with van der Waals surface area (Å²) in [6.07, 6.45) is 0. The van der Waals surface area contributed by atoms with Crippen LogP contribution in [0, 0.1) is 0 Å². The van der Waals surface area contributed by atoms with Gasteiger partial charge in [0.1, 0.15) is 10.5 Å². The van der Waals surface area contributed by atoms with Crippen LogP contribution in [0.25, 0.3) is 21.7 Å². The average molecular weight is 229 g/mol. The molecule has 0 aliphatic carbocycles. The van der Waals surface area contributed by atoms with Gasteiger partial charge in [-0.15, -0.1) is 11.3 Å². The van der Waals surface area contributed by atoms with Crippen LogP contribution < -0.4 is 5.56 Å². The molecule has 1 N–H and O–H groups in total. The van der Waals surface area contributed by atoms with Gasteiger partial charge in [-0.1, -0.05) is 30.3 Å². The molecule has 0 saturated carbocycles. The van der Waals surface area contributed by atoms with Crippen LogP contribution in [-0.4, -0.2) is 15.0 Å². The highest BCUT2D eigenvalue weighted by atomic mass is 32.1. The molecule has 0 spiro atoms. The van der Waals surface area contributed by atoms with E-state index in [0.29, 0.717) is 16.2 Å². The van der Waals surface area contributed by atoms with Crippen molar-refractivity contribution < 1.29 is 0 Å². The Labute approximate surface area is 94.6 Å². The van der Waals surface area contributed by atoms with Crippen molar-refractivity contribution in [1.29, 1.82) is 0 Å². The van der Waals surface area contributed by atoms with Crippen molar-refractivity contribution in [1.82, 2.24) is 15.0 Å². The topological polar surface area (TPSA) is 58.6 Å². The predicted octanol–water partition coefficient (Wildman–Crippen LogP) is 2.05. The fourth-order valence-corrected chi connectivity index (χ4v) is 2.13. The van der Waals surface area contributed by atoms with Crippen molar-refractivity contribution in [3.63, 3.8) is 0 Å². The number of thiazole rings is 1. The fourth-order valence-electron chi connectivity index (χ4n) is 1.51. The number of hydrogen-bond donors (Lipinski definition) is 1. The lowest BCUT2D eigenvalue weighted by Gasteiger charge is -1.99. The van der Waals surface area contributed by atoms with Gasteiger partial charge in [0, 0.05) is 5.56 Å². The van der Waals surface area contributed by atoms with Gasteiger partial charge in [0.05, 0.1) is 5.51 Å². The lowest BCUT2D eigenvalue weighted by molar-refractivity contribution is 1.17. The minimum absolute atomic E-state index is 0.133. The molecule has 16 heavy (non-hydrogen) atoms. The fraction of sp³-hybridized carbons (Fsp3) is 0. The number of aromatic amines is 1. The maximum absolute atomic E-state index is 11.7. The first-order valence-electron chi connectivity index (χ1n) is 4.73. The molecule has 0 radical (unpaired) electrons. The molecule has 5 heteroatoms. The molecule has 0 atom stereocenters. The normalized spacial score (nSPS) is 10.8. The largest absolute Gasteiger partial charge is 0.305 e. The molecule has 0 unspecified atom stereocenters. The summed E-state index contributed by atoms with van der Waals surface area (Å²) in [5.41, 5.74) is 2.88. The van der Waals surface area contributed by atoms with E-state index in [9.17, 15) is 4.79 Å². The Balaban J connectivity index is 2.30. The number of hydrogen-bond acceptors (Lipinski definition) is 4. The second-order valence-electron chi connectivity index (χ2n) is 3.29. The van der Waals surface area contributed by atoms with Crippen molar-refractivity contribution in [2.45, 2.75) is 0 Å². The van der Waals surface area contributed by atoms with E-state index in [1.807, 2.05) is 30.3 Å². The maximum Gasteiger partial charge on any atom is 0.270 e. The third-order valence-electron chi connectivity index (χ3n) is 2.25. The van der Waals surface area contributed by atoms with Crippen LogP contribution >= 0.6 is 11.3 Å². The number of nitrogens with one attached hydrogen (secondary N) is 1. The highest BCUT2D eigenvalue weighted by Gasteiger charge is 2.06. The maximum atomic E-state index is 11.7. The number of nitrogens with zero attached hydrogens (tertiary/aromatic N) is 2. The van der Waals surface area contributed by atoms with Crippen molar-refractivity contribution >= 4 is 21.7 Å². The third kappa shape index (κ3) is 1.42. The van der Waals surface area contributed by atoms with Crippen LogP contribution in [0.15, 0.2) is 40.6 Å². The molecule has 0 saturated heterocycles. The van der Waals surface area contributed by atoms with Crippen LogP contribution in [0.2, 0.25) is 0 Å². The molecule has 0 aliphatic rings. The molecule has 0 aliphatic heterocycles. The lowest BCUT2D eigenvalue weighted by atomic mass is 10.2. The van der Waals surface area contributed by atoms with E-state index < -0.39 is 0 Å². The number of rotatable bonds is 1. The summed E-state index contributed by atoms with van der Waals surface area (Å²) in [4.78, 5) is 22.8. The van der Waals surface area contributed by atoms with Gasteiger partial charge in [0.2, 0.25) is 0 Å². The van der Waals surface area contributed by atoms with Crippen LogP contribution in [0.5, 0.6) is 0 Å². The number of H-pyrrole nitrogens is 1. The van der Waals surface area contributed by atoms with Crippen LogP contribution in [0.1, 0.15) is 0 Å². The van der Waals surface area contributed by atoms with Crippen molar-refractivity contribution in [3.05, 3.63) is 46.2 Å². The molecular formula is C11H7N3OS. The Morgan fingerprint density at radius 2 is 2.00 bits per heavy atom. The molecule has 1 aromatic carbocycles. The molecule has 2 heterocycles. The van der Waals surface area contributed by atoms with Gasteiger partial charge in [-0.25, -0.2) is 9.97 Å². The van der Waals surface area contributed by atoms with Gasteiger partial charge in [-0.3, -0.25) is 4.79 Å². The monoisotopic (exact) mass is 229 g/mol. The summed E-state index contributed by atoms with van der Waals surface area (Å²) in [7, 11) is 0. The smallest absolute Gasteiger partial charge is 0.270 e. The standard InChI is InChI=1S/C11H7N3OS/c15-11-8-10(12-6-16-8)13-9(14-11)7-4-2-1-3-5-7/h1-6H,(H,13,14,15). The Morgan fingerprint density at radius 3 is 2.81 bits per heavy atom. The quantitative estimate of drug-likeness (QED) is 0.694. The van der Waals surface area contributed by atoms with E-state index in [1.165, 1.54) is 11.3 Å². The molecule has 3 aromatic rings. The second kappa shape index (κ2) is 3.53. The SMILES string of the molecule is O=c1[nH]c(-c2ccccc2)nc2ncsc12. The van der Waals surface area contributed by atoms with E-state index >= 15 is 0 Å². The zero-order chi connectivity index (χ0) is 11.0. The average Bonchev–Trinajstić information content (AvgIpc) is 2.79. The van der Waals surface area contributed by atoms with Crippen molar-refractivity contribution in [2.75, 3.05) is 0 Å². The summed E-state index contributed by atoms with van der Waals surface area (Å²) in [6, 6.07) is 9.52. The van der Waals surface area contributed by atoms with Gasteiger partial charge in [0.25, 0.3) is 5.56 Å². The van der Waals surface area contributed by atoms with Gasteiger partial charge in [0.15, 0.2) is 5.65 Å². The van der Waals surface area contributed by atoms with Crippen molar-refractivity contribution in [2.24, 2.45) is 0 Å². The summed E-state index contributed by atoms with van der Waals surface area (Å²) >= 11 is 1.30. The van der Waals surface area contributed by atoms with Gasteiger partial charge in [-0.2, -0.15) is 0 Å². The first-order valence-corrected chi connectivity index (χ1v) is 5.61. The van der Waals surface area contributed by atoms with Gasteiger partial charge in [-0.05, 0) is 0 Å². The summed E-state index contributed by atoms with van der Waals surface area (Å²) in [5, 5.41) is 0. The van der Waals surface area contributed by atoms with Crippen LogP contribution in [0.3, 0.4) is 0 Å². The lowest BCUT2D eigenvalue weighted by Crippen LogP contribution is -2.07. The Morgan fingerprint density at radius 1 is 1.19 bits per heavy atom. The summed E-state index contributed by atoms with van der Waals surface area (Å²) in [5.74, 6) is 0.559. The van der Waals surface area contributed by atoms with Gasteiger partial charge >= 0.3 is 0 Å². The Bertz CT molecular complexity index is 687. The molecule has 2 aromatic heterocycles. The number of benzene rings is 1. The van der Waals surface area contributed by atoms with E-state index in [-0.39, 0.29) is 5.56 Å². The van der Waals surface area contributed by atoms with Crippen molar-refractivity contribution in [3.8, 4) is 11.4 Å². The summed E-state index contributed by atoms with van der Waals surface area (Å²) < 4.78 is 0.569. The number of fused-ring (bicyclic) bond motifs is 1. The zero-order valence-electron chi connectivity index (χ0n) is 8.18. The molecule has 0 fully saturated rings. The van der Waals surface area contributed by atoms with E-state index in [1.54, 1.807) is 5.51 Å². The number of aromatic nitrogens is 3. The molecule has 78 valence electrons. The Hall–Kier alpha value is -2.01. The van der Waals surface area contributed by atoms with Gasteiger partial charge < -0.3 is 4.98 Å². The molecule has 0 bridgehead atoms. The van der Waals surface area contributed by atoms with Crippen LogP contribution in [-0.2, 0) is 0 Å². The molecular weight excluding hydrogens is 222 g/mol. The minimum Gasteiger partial charge on any atom is -0.305 e. The second-order valence-corrected chi connectivity index (χ2v) is 4.14. The summed E-state index contributed by atoms with van der Waals surface area (Å²) in [6.45, 7) is 0. The predicted molar refractivity (Wildman–Crippen MR) is 63.5 cm³/mol. The van der Waals surface area contributed by atoms with E-state index in [0.717, 1.165) is 5.56 Å². The van der Waals surface area contributed by atoms with Crippen LogP contribution in [0.4, 0.5) is 0 Å². The Kier molecular flexibility index (Phi) is 2.04. The third-order valence-corrected chi connectivity index (χ3v) is 3.07. The first kappa shape index (κ1) is 9.23. The molecule has 0 amide bonds. The first-order chi connectivity index (χ1) is 7.84. The highest BCUT2D eigenvalue weighted by molar-refractivity contribution is 7.16. The van der Waals surface area contributed by atoms with E-state index in [2.05, 4.69) is 15.0 Å². The van der Waals surface area contributed by atoms with E-state index in [4.69, 9.17) is 0 Å². The minimum atomic E-state index is -0.133. The zero-order valence-corrected chi connectivity index (χ0v) is 8.99. The molecule has 4 nitrogen and oxygen atoms in total. The molecule has 3 rings (SSSR count). The highest BCUT2D eigenvalue weighted by Crippen LogP contribution is 2.16.